The summed E-state index contributed by atoms with van der Waals surface area (Å²) in [5.74, 6) is -7.30. The zero-order valence-electron chi connectivity index (χ0n) is 23.5. The summed E-state index contributed by atoms with van der Waals surface area (Å²) in [7, 11) is 1.38. The van der Waals surface area contributed by atoms with Crippen LogP contribution in [0, 0.1) is 17.8 Å². The first-order chi connectivity index (χ1) is 21.0. The number of phenolic OH excluding ortho intramolecular Hbond substituents is 1. The number of phenols is 1. The summed E-state index contributed by atoms with van der Waals surface area (Å²) in [4.78, 5) is 54.7. The zero-order chi connectivity index (χ0) is 32.7. The van der Waals surface area contributed by atoms with E-state index in [1.54, 1.807) is 6.08 Å². The third-order valence-corrected chi connectivity index (χ3v) is 8.94. The van der Waals surface area contributed by atoms with E-state index >= 15 is 0 Å². The maximum atomic E-state index is 14.0. The number of Topliss-reactive ketones (excluding diaryl/α,β-unsaturated/α-hetero) is 1. The molecule has 0 bridgehead atoms. The van der Waals surface area contributed by atoms with E-state index in [9.17, 15) is 50.6 Å². The minimum absolute atomic E-state index is 0.0535. The Morgan fingerprint density at radius 1 is 0.889 bits per heavy atom. The maximum Gasteiger partial charge on any atom is 0.416 e. The molecule has 1 saturated heterocycles. The minimum atomic E-state index is -5.21. The number of hydrogen-bond donors (Lipinski definition) is 1. The van der Waals surface area contributed by atoms with Gasteiger partial charge in [-0.25, -0.2) is 4.90 Å². The largest absolute Gasteiger partial charge is 0.508 e. The highest BCUT2D eigenvalue weighted by atomic mass is 19.4. The number of halogens is 6. The second-order valence-electron chi connectivity index (χ2n) is 11.4. The summed E-state index contributed by atoms with van der Waals surface area (Å²) in [6, 6.07) is 4.83. The summed E-state index contributed by atoms with van der Waals surface area (Å²) in [6.07, 6.45) is -7.97. The van der Waals surface area contributed by atoms with Crippen molar-refractivity contribution in [3.8, 4) is 11.5 Å². The number of alkyl halides is 6. The number of hydrogen-bond acceptors (Lipinski definition) is 6. The molecule has 4 atom stereocenters. The standard InChI is InChI=1S/C32H23F6NO6/c1-13-7-24(41)22-12-20-18(25(27(22)28(13)42)21-11-17(45-2)3-6-23(21)40)4-5-19-26(20)30(44)39(29(19)43)16-9-14(31(33,34)35)8-15(10-16)32(36,37)38/h3-4,6-11,19-20,25-26,40H,5,12H2,1-2H3. The third-order valence-electron chi connectivity index (χ3n) is 8.94. The first-order valence-corrected chi connectivity index (χ1v) is 13.8. The highest BCUT2D eigenvalue weighted by molar-refractivity contribution is 6.25. The molecule has 6 rings (SSSR count). The van der Waals surface area contributed by atoms with Gasteiger partial charge in [0, 0.05) is 28.2 Å². The smallest absolute Gasteiger partial charge is 0.416 e. The monoisotopic (exact) mass is 631 g/mol. The summed E-state index contributed by atoms with van der Waals surface area (Å²) >= 11 is 0. The molecule has 45 heavy (non-hydrogen) atoms. The molecule has 1 fully saturated rings. The van der Waals surface area contributed by atoms with Crippen LogP contribution in [0.4, 0.5) is 32.0 Å². The number of carbonyl (C=O) groups is 4. The fraction of sp³-hybridized carbons (Fsp3) is 0.312. The van der Waals surface area contributed by atoms with Gasteiger partial charge in [0.2, 0.25) is 11.8 Å². The average Bonchev–Trinajstić information content (AvgIpc) is 3.23. The first kappa shape index (κ1) is 30.4. The van der Waals surface area contributed by atoms with Crippen LogP contribution in [0.15, 0.2) is 70.8 Å². The molecule has 13 heteroatoms. The number of benzene rings is 2. The lowest BCUT2D eigenvalue weighted by Crippen LogP contribution is -2.39. The van der Waals surface area contributed by atoms with Crippen LogP contribution in [0.25, 0.3) is 0 Å². The van der Waals surface area contributed by atoms with E-state index in [2.05, 4.69) is 0 Å². The molecule has 1 aliphatic heterocycles. The van der Waals surface area contributed by atoms with Crippen LogP contribution in [0.3, 0.4) is 0 Å². The summed E-state index contributed by atoms with van der Waals surface area (Å²) in [6.45, 7) is 1.46. The van der Waals surface area contributed by atoms with Gasteiger partial charge in [-0.3, -0.25) is 19.2 Å². The molecule has 0 radical (unpaired) electrons. The summed E-state index contributed by atoms with van der Waals surface area (Å²) in [5, 5.41) is 10.9. The molecule has 1 heterocycles. The molecule has 234 valence electrons. The molecule has 4 unspecified atom stereocenters. The highest BCUT2D eigenvalue weighted by Gasteiger charge is 2.57. The van der Waals surface area contributed by atoms with E-state index in [1.165, 1.54) is 32.2 Å². The number of imide groups is 1. The Balaban J connectivity index is 1.49. The summed E-state index contributed by atoms with van der Waals surface area (Å²) in [5.41, 5.74) is -3.33. The molecular weight excluding hydrogens is 608 g/mol. The van der Waals surface area contributed by atoms with Crippen molar-refractivity contribution in [2.24, 2.45) is 17.8 Å². The Morgan fingerprint density at radius 2 is 1.53 bits per heavy atom. The van der Waals surface area contributed by atoms with Crippen LogP contribution in [0.5, 0.6) is 11.5 Å². The molecule has 0 aromatic heterocycles. The van der Waals surface area contributed by atoms with Crippen molar-refractivity contribution in [1.82, 2.24) is 0 Å². The second kappa shape index (κ2) is 10.2. The topological polar surface area (TPSA) is 101 Å². The molecule has 2 amide bonds. The number of carbonyl (C=O) groups excluding carboxylic acids is 4. The first-order valence-electron chi connectivity index (χ1n) is 13.8. The minimum Gasteiger partial charge on any atom is -0.508 e. The Morgan fingerprint density at radius 3 is 2.13 bits per heavy atom. The van der Waals surface area contributed by atoms with E-state index in [0.717, 1.165) is 6.08 Å². The molecule has 2 aromatic carbocycles. The van der Waals surface area contributed by atoms with Gasteiger partial charge in [-0.15, -0.1) is 0 Å². The van der Waals surface area contributed by atoms with E-state index in [-0.39, 0.29) is 46.9 Å². The van der Waals surface area contributed by atoms with Crippen LogP contribution in [-0.4, -0.2) is 35.6 Å². The van der Waals surface area contributed by atoms with E-state index in [0.29, 0.717) is 28.4 Å². The quantitative estimate of drug-likeness (QED) is 0.191. The molecule has 0 saturated carbocycles. The van der Waals surface area contributed by atoms with Gasteiger partial charge >= 0.3 is 12.4 Å². The number of allylic oxidation sites excluding steroid dienone is 6. The van der Waals surface area contributed by atoms with E-state index in [4.69, 9.17) is 4.74 Å². The van der Waals surface area contributed by atoms with Crippen molar-refractivity contribution in [2.75, 3.05) is 12.0 Å². The van der Waals surface area contributed by atoms with Gasteiger partial charge in [0.05, 0.1) is 35.8 Å². The fourth-order valence-electron chi connectivity index (χ4n) is 6.93. The van der Waals surface area contributed by atoms with Gasteiger partial charge in [-0.2, -0.15) is 26.3 Å². The Kier molecular flexibility index (Phi) is 6.86. The lowest BCUT2D eigenvalue weighted by atomic mass is 9.59. The van der Waals surface area contributed by atoms with Gasteiger partial charge in [0.1, 0.15) is 11.5 Å². The van der Waals surface area contributed by atoms with Gasteiger partial charge < -0.3 is 9.84 Å². The molecule has 1 N–H and O–H groups in total. The van der Waals surface area contributed by atoms with Gasteiger partial charge in [-0.1, -0.05) is 11.6 Å². The second-order valence-corrected chi connectivity index (χ2v) is 11.4. The molecule has 2 aromatic rings. The SMILES string of the molecule is COc1ccc(O)c(C2C3=CCC4C(=O)N(c5cc(C(F)(F)F)cc(C(F)(F)F)c5)C(=O)C4C3CC3=C2C(=O)C(C)=CC3=O)c1. The fourth-order valence-corrected chi connectivity index (χ4v) is 6.93. The molecule has 4 aliphatic rings. The van der Waals surface area contributed by atoms with Crippen molar-refractivity contribution in [1.29, 1.82) is 0 Å². The van der Waals surface area contributed by atoms with Crippen molar-refractivity contribution < 1.29 is 55.4 Å². The van der Waals surface area contributed by atoms with E-state index < -0.39 is 76.2 Å². The molecular formula is C32H23F6NO6. The number of amides is 2. The number of ether oxygens (including phenoxy) is 1. The van der Waals surface area contributed by atoms with Crippen LogP contribution in [0.1, 0.15) is 42.4 Å². The average molecular weight is 632 g/mol. The molecule has 7 nitrogen and oxygen atoms in total. The van der Waals surface area contributed by atoms with Crippen LogP contribution < -0.4 is 9.64 Å². The maximum absolute atomic E-state index is 14.0. The number of ketones is 2. The number of anilines is 1. The molecule has 3 aliphatic carbocycles. The predicted molar refractivity (Wildman–Crippen MR) is 145 cm³/mol. The lowest BCUT2D eigenvalue weighted by molar-refractivity contribution is -0.143. The number of rotatable bonds is 3. The number of nitrogens with zero attached hydrogens (tertiary/aromatic N) is 1. The Hall–Kier alpha value is -4.68. The lowest BCUT2D eigenvalue weighted by Gasteiger charge is -2.42. The normalized spacial score (nSPS) is 25.1. The Labute approximate surface area is 251 Å². The van der Waals surface area contributed by atoms with Crippen molar-refractivity contribution in [3.05, 3.63) is 87.5 Å². The van der Waals surface area contributed by atoms with E-state index in [1.807, 2.05) is 0 Å². The van der Waals surface area contributed by atoms with Gasteiger partial charge in [0.25, 0.3) is 0 Å². The highest BCUT2D eigenvalue weighted by Crippen LogP contribution is 2.57. The number of fused-ring (bicyclic) bond motifs is 3. The number of aromatic hydroxyl groups is 1. The molecule has 0 spiro atoms. The predicted octanol–water partition coefficient (Wildman–Crippen LogP) is 6.07. The Bertz CT molecular complexity index is 1770. The van der Waals surface area contributed by atoms with Gasteiger partial charge in [-0.05, 0) is 68.2 Å². The van der Waals surface area contributed by atoms with Crippen LogP contribution in [-0.2, 0) is 31.5 Å². The summed E-state index contributed by atoms with van der Waals surface area (Å²) < 4.78 is 87.0. The van der Waals surface area contributed by atoms with Crippen LogP contribution >= 0.6 is 0 Å². The van der Waals surface area contributed by atoms with Crippen molar-refractivity contribution >= 4 is 29.1 Å². The van der Waals surface area contributed by atoms with Crippen molar-refractivity contribution in [3.63, 3.8) is 0 Å². The number of methoxy groups -OCH3 is 1. The van der Waals surface area contributed by atoms with Gasteiger partial charge in [0.15, 0.2) is 11.6 Å². The zero-order valence-corrected chi connectivity index (χ0v) is 23.5. The van der Waals surface area contributed by atoms with Crippen LogP contribution in [0.2, 0.25) is 0 Å². The third kappa shape index (κ3) is 4.75. The van der Waals surface area contributed by atoms with Crippen molar-refractivity contribution in [2.45, 2.75) is 38.0 Å².